The summed E-state index contributed by atoms with van der Waals surface area (Å²) in [6, 6.07) is 31.2. The highest BCUT2D eigenvalue weighted by molar-refractivity contribution is 8.00. The molecule has 0 bridgehead atoms. The smallest absolute Gasteiger partial charge is 0.352 e. The molecular formula is C42H34N6O8S2. The van der Waals surface area contributed by atoms with Gasteiger partial charge in [0.15, 0.2) is 22.3 Å². The van der Waals surface area contributed by atoms with E-state index in [9.17, 15) is 34.5 Å². The zero-order valence-electron chi connectivity index (χ0n) is 30.4. The molecule has 0 unspecified atom stereocenters. The lowest BCUT2D eigenvalue weighted by Gasteiger charge is -2.49. The molecule has 16 heteroatoms. The molecule has 3 aliphatic heterocycles. The number of phenolic OH excluding ortho intramolecular Hbond substituents is 2. The number of hydrogen-bond acceptors (Lipinski definition) is 12. The number of benzene rings is 4. The van der Waals surface area contributed by atoms with Crippen molar-refractivity contribution in [2.75, 3.05) is 22.9 Å². The summed E-state index contributed by atoms with van der Waals surface area (Å²) >= 11 is 2.33. The number of anilines is 2. The van der Waals surface area contributed by atoms with Gasteiger partial charge in [-0.2, -0.15) is 0 Å². The number of thioether (sulfide) groups is 1. The fourth-order valence-electron chi connectivity index (χ4n) is 7.24. The average Bonchev–Trinajstić information content (AvgIpc) is 3.84. The van der Waals surface area contributed by atoms with Crippen molar-refractivity contribution in [3.63, 3.8) is 0 Å². The lowest BCUT2D eigenvalue weighted by Crippen LogP contribution is -2.71. The number of nitrogens with two attached hydrogens (primary N) is 1. The molecule has 8 rings (SSSR count). The van der Waals surface area contributed by atoms with Gasteiger partial charge in [-0.1, -0.05) is 96.2 Å². The van der Waals surface area contributed by atoms with Gasteiger partial charge in [0.05, 0.1) is 0 Å². The summed E-state index contributed by atoms with van der Waals surface area (Å²) in [6.45, 7) is 0.262. The molecule has 4 aromatic carbocycles. The largest absolute Gasteiger partial charge is 0.504 e. The van der Waals surface area contributed by atoms with E-state index < -0.39 is 40.7 Å². The molecule has 0 saturated carbocycles. The first kappa shape index (κ1) is 38.0. The Morgan fingerprint density at radius 2 is 1.53 bits per heavy atom. The fourth-order valence-corrected chi connectivity index (χ4v) is 9.09. The molecule has 14 nitrogen and oxygen atoms in total. The van der Waals surface area contributed by atoms with Gasteiger partial charge in [-0.15, -0.1) is 23.1 Å². The van der Waals surface area contributed by atoms with Crippen LogP contribution in [0.2, 0.25) is 0 Å². The number of nitrogen functional groups attached to an aromatic ring is 1. The van der Waals surface area contributed by atoms with Gasteiger partial charge < -0.3 is 36.1 Å². The molecule has 292 valence electrons. The van der Waals surface area contributed by atoms with E-state index in [1.54, 1.807) is 5.38 Å². The Labute approximate surface area is 339 Å². The molecule has 5 aromatic rings. The maximum absolute atomic E-state index is 14.2. The zero-order chi connectivity index (χ0) is 40.6. The first-order valence-electron chi connectivity index (χ1n) is 18.0. The maximum atomic E-state index is 14.2. The highest BCUT2D eigenvalue weighted by Crippen LogP contribution is 2.43. The summed E-state index contributed by atoms with van der Waals surface area (Å²) in [6.07, 6.45) is 1.77. The standard InChI is InChI=1S/C42H34N6O8S2/c43-41-44-30(23-58-41)33(46-56-42(26-10-4-1-5-11-26,27-12-6-2-7-13-27)28-14-8-3-9-15-28)36(51)45-34-38(53)48-35(40(54)55)25(22-57-39(34)48)20-24-18-19-47(37(24)52)29-16-17-31(49)32(50)21-29/h1-17,20-21,23,34,39,49-50H,18-19,22H2,(H2,43,44)(H,45,51)(H,54,55)/b24-20+,46-33-/t34-,39-/m1/s1. The Hall–Kier alpha value is -6.91. The van der Waals surface area contributed by atoms with Crippen molar-refractivity contribution in [3.05, 3.63) is 160 Å². The second-order valence-electron chi connectivity index (χ2n) is 13.5. The molecule has 3 aliphatic rings. The zero-order valence-corrected chi connectivity index (χ0v) is 32.0. The molecule has 2 saturated heterocycles. The van der Waals surface area contributed by atoms with Gasteiger partial charge in [-0.3, -0.25) is 19.3 Å². The van der Waals surface area contributed by atoms with E-state index in [1.165, 1.54) is 40.9 Å². The predicted molar refractivity (Wildman–Crippen MR) is 218 cm³/mol. The summed E-state index contributed by atoms with van der Waals surface area (Å²) in [7, 11) is 0. The molecule has 2 fully saturated rings. The van der Waals surface area contributed by atoms with Crippen LogP contribution in [0.25, 0.3) is 0 Å². The molecule has 0 aliphatic carbocycles. The lowest BCUT2D eigenvalue weighted by atomic mass is 9.80. The van der Waals surface area contributed by atoms with E-state index in [1.807, 2.05) is 91.0 Å². The van der Waals surface area contributed by atoms with E-state index in [0.717, 1.165) is 32.9 Å². The van der Waals surface area contributed by atoms with E-state index in [2.05, 4.69) is 15.5 Å². The second kappa shape index (κ2) is 15.6. The van der Waals surface area contributed by atoms with Gasteiger partial charge >= 0.3 is 5.97 Å². The number of carbonyl (C=O) groups is 4. The third-order valence-electron chi connectivity index (χ3n) is 10.0. The topological polar surface area (TPSA) is 208 Å². The number of nitrogens with zero attached hydrogens (tertiary/aromatic N) is 4. The van der Waals surface area contributed by atoms with Crippen LogP contribution < -0.4 is 16.0 Å². The van der Waals surface area contributed by atoms with Crippen LogP contribution in [0.4, 0.5) is 10.8 Å². The molecule has 3 amide bonds. The number of nitrogens with one attached hydrogen (secondary N) is 1. The van der Waals surface area contributed by atoms with Crippen LogP contribution in [-0.4, -0.2) is 78.3 Å². The Morgan fingerprint density at radius 1 is 0.914 bits per heavy atom. The van der Waals surface area contributed by atoms with Gasteiger partial charge in [-0.25, -0.2) is 9.78 Å². The van der Waals surface area contributed by atoms with Crippen molar-refractivity contribution in [2.45, 2.75) is 23.4 Å². The Bertz CT molecular complexity index is 2430. The quantitative estimate of drug-likeness (QED) is 0.0301. The van der Waals surface area contributed by atoms with Crippen LogP contribution in [-0.2, 0) is 29.6 Å². The predicted octanol–water partition coefficient (Wildman–Crippen LogP) is 4.95. The molecule has 4 heterocycles. The first-order valence-corrected chi connectivity index (χ1v) is 19.9. The number of aliphatic carboxylic acids is 1. The van der Waals surface area contributed by atoms with Gasteiger partial charge in [0.2, 0.25) is 5.60 Å². The van der Waals surface area contributed by atoms with Crippen LogP contribution >= 0.6 is 23.1 Å². The van der Waals surface area contributed by atoms with Crippen LogP contribution in [0, 0.1) is 0 Å². The van der Waals surface area contributed by atoms with Crippen molar-refractivity contribution in [1.29, 1.82) is 0 Å². The second-order valence-corrected chi connectivity index (χ2v) is 15.5. The molecular weight excluding hydrogens is 781 g/mol. The number of aromatic nitrogens is 1. The van der Waals surface area contributed by atoms with Gasteiger partial charge in [0.1, 0.15) is 22.8 Å². The Balaban J connectivity index is 1.09. The number of carboxylic acid groups (broad SMARTS) is 1. The van der Waals surface area contributed by atoms with Crippen molar-refractivity contribution >= 4 is 63.3 Å². The highest BCUT2D eigenvalue weighted by Gasteiger charge is 2.54. The Kier molecular flexibility index (Phi) is 10.2. The number of phenols is 2. The first-order chi connectivity index (χ1) is 28.1. The van der Waals surface area contributed by atoms with Crippen LogP contribution in [0.5, 0.6) is 11.5 Å². The molecule has 0 spiro atoms. The maximum Gasteiger partial charge on any atom is 0.352 e. The van der Waals surface area contributed by atoms with Gasteiger partial charge in [0.25, 0.3) is 17.7 Å². The molecule has 1 aromatic heterocycles. The minimum Gasteiger partial charge on any atom is -0.504 e. The number of oxime groups is 1. The van der Waals surface area contributed by atoms with Crippen molar-refractivity contribution in [1.82, 2.24) is 15.2 Å². The van der Waals surface area contributed by atoms with Crippen molar-refractivity contribution in [2.24, 2.45) is 5.16 Å². The molecule has 6 N–H and O–H groups in total. The third kappa shape index (κ3) is 6.81. The number of β-lactam (4-membered cyclic amide) rings is 1. The summed E-state index contributed by atoms with van der Waals surface area (Å²) < 4.78 is 0. The number of fused-ring (bicyclic) bond motifs is 1. The fraction of sp³-hybridized carbons (Fsp3) is 0.143. The van der Waals surface area contributed by atoms with E-state index in [0.29, 0.717) is 11.3 Å². The summed E-state index contributed by atoms with van der Waals surface area (Å²) in [4.78, 5) is 67.5. The molecule has 58 heavy (non-hydrogen) atoms. The van der Waals surface area contributed by atoms with Crippen LogP contribution in [0.15, 0.2) is 143 Å². The number of aromatic hydroxyl groups is 2. The van der Waals surface area contributed by atoms with E-state index >= 15 is 0 Å². The average molecular weight is 815 g/mol. The minimum absolute atomic E-state index is 0.112. The SMILES string of the molecule is Nc1nc(/C(=N/OC(c2ccccc2)(c2ccccc2)c2ccccc2)C(=O)N[C@@H]2C(=O)N3C(C(=O)O)=C(/C=C4\CCN(c5ccc(O)c(O)c5)C4=O)CS[C@H]23)cs1. The third-order valence-corrected chi connectivity index (χ3v) is 12.0. The van der Waals surface area contributed by atoms with Crippen LogP contribution in [0.1, 0.15) is 28.8 Å². The number of hydrogen-bond donors (Lipinski definition) is 5. The van der Waals surface area contributed by atoms with Crippen molar-refractivity contribution in [3.8, 4) is 11.5 Å². The lowest BCUT2D eigenvalue weighted by molar-refractivity contribution is -0.150. The summed E-state index contributed by atoms with van der Waals surface area (Å²) in [5.41, 5.74) is 7.35. The monoisotopic (exact) mass is 814 g/mol. The number of amides is 3. The van der Waals surface area contributed by atoms with Crippen molar-refractivity contribution < 1.29 is 39.3 Å². The number of carboxylic acids is 1. The Morgan fingerprint density at radius 3 is 2.09 bits per heavy atom. The highest BCUT2D eigenvalue weighted by atomic mass is 32.2. The number of rotatable bonds is 11. The van der Waals surface area contributed by atoms with Gasteiger partial charge in [0, 0.05) is 51.7 Å². The summed E-state index contributed by atoms with van der Waals surface area (Å²) in [5.74, 6) is -3.81. The number of thiazole rings is 1. The van der Waals surface area contributed by atoms with E-state index in [-0.39, 0.29) is 58.0 Å². The van der Waals surface area contributed by atoms with Gasteiger partial charge in [-0.05, 0) is 30.2 Å². The number of carbonyl (C=O) groups excluding carboxylic acids is 3. The molecule has 2 atom stereocenters. The van der Waals surface area contributed by atoms with Crippen LogP contribution in [0.3, 0.4) is 0 Å². The number of allylic oxidation sites excluding steroid dienone is 1. The van der Waals surface area contributed by atoms with E-state index in [4.69, 9.17) is 10.6 Å². The minimum atomic E-state index is -1.37. The normalized spacial score (nSPS) is 18.9. The summed E-state index contributed by atoms with van der Waals surface area (Å²) in [5, 5.41) is 38.2. The molecule has 0 radical (unpaired) electrons.